The standard InChI is InChI=1S/C19H19N5O4S/c1-21-17-16(18(26)22(2)19(21)27)24(12-20-17)10-15(25)23(8-13-5-7-29-11-13)9-14-4-3-6-28-14/h3-7,11-12H,8-10H2,1-2H3. The predicted octanol–water partition coefficient (Wildman–Crippen LogP) is 1.32. The van der Waals surface area contributed by atoms with Crippen LogP contribution in [0.25, 0.3) is 11.2 Å². The summed E-state index contributed by atoms with van der Waals surface area (Å²) in [6, 6.07) is 5.55. The fraction of sp³-hybridized carbons (Fsp3) is 0.263. The Morgan fingerprint density at radius 1 is 1.21 bits per heavy atom. The van der Waals surface area contributed by atoms with E-state index in [-0.39, 0.29) is 23.6 Å². The summed E-state index contributed by atoms with van der Waals surface area (Å²) in [5.41, 5.74) is 0.543. The Morgan fingerprint density at radius 3 is 2.72 bits per heavy atom. The largest absolute Gasteiger partial charge is 0.467 e. The van der Waals surface area contributed by atoms with Crippen LogP contribution in [0.3, 0.4) is 0 Å². The van der Waals surface area contributed by atoms with Gasteiger partial charge in [0.1, 0.15) is 12.3 Å². The molecule has 0 aliphatic rings. The fourth-order valence-corrected chi connectivity index (χ4v) is 3.85. The van der Waals surface area contributed by atoms with Crippen LogP contribution in [0, 0.1) is 0 Å². The Labute approximate surface area is 169 Å². The summed E-state index contributed by atoms with van der Waals surface area (Å²) < 4.78 is 9.20. The maximum Gasteiger partial charge on any atom is 0.332 e. The van der Waals surface area contributed by atoms with Crippen molar-refractivity contribution in [2.75, 3.05) is 0 Å². The highest BCUT2D eigenvalue weighted by Crippen LogP contribution is 2.15. The van der Waals surface area contributed by atoms with Crippen LogP contribution in [-0.2, 0) is 38.5 Å². The van der Waals surface area contributed by atoms with Crippen molar-refractivity contribution < 1.29 is 9.21 Å². The molecule has 0 saturated carbocycles. The monoisotopic (exact) mass is 413 g/mol. The van der Waals surface area contributed by atoms with Gasteiger partial charge in [0.05, 0.1) is 19.1 Å². The van der Waals surface area contributed by atoms with Gasteiger partial charge in [-0.15, -0.1) is 0 Å². The van der Waals surface area contributed by atoms with E-state index in [1.807, 2.05) is 22.9 Å². The summed E-state index contributed by atoms with van der Waals surface area (Å²) in [5.74, 6) is 0.477. The minimum atomic E-state index is -0.483. The van der Waals surface area contributed by atoms with Crippen LogP contribution >= 0.6 is 11.3 Å². The van der Waals surface area contributed by atoms with Crippen molar-refractivity contribution in [3.63, 3.8) is 0 Å². The van der Waals surface area contributed by atoms with E-state index in [0.717, 1.165) is 10.1 Å². The third-order valence-electron chi connectivity index (χ3n) is 4.76. The number of hydrogen-bond donors (Lipinski definition) is 0. The number of thiophene rings is 1. The molecule has 4 aromatic rings. The van der Waals surface area contributed by atoms with Crippen LogP contribution in [0.15, 0.2) is 55.6 Å². The summed E-state index contributed by atoms with van der Waals surface area (Å²) >= 11 is 1.56. The van der Waals surface area contributed by atoms with E-state index in [1.54, 1.807) is 35.6 Å². The summed E-state index contributed by atoms with van der Waals surface area (Å²) in [6.45, 7) is 0.658. The van der Waals surface area contributed by atoms with Gasteiger partial charge in [-0.05, 0) is 34.5 Å². The molecule has 0 N–H and O–H groups in total. The zero-order chi connectivity index (χ0) is 20.5. The van der Waals surface area contributed by atoms with Crippen molar-refractivity contribution in [1.82, 2.24) is 23.6 Å². The molecular formula is C19H19N5O4S. The van der Waals surface area contributed by atoms with E-state index in [9.17, 15) is 14.4 Å². The Morgan fingerprint density at radius 2 is 2.03 bits per heavy atom. The molecule has 0 unspecified atom stereocenters. The van der Waals surface area contributed by atoms with Gasteiger partial charge in [-0.3, -0.25) is 18.7 Å². The normalized spacial score (nSPS) is 11.2. The number of carbonyl (C=O) groups excluding carboxylic acids is 1. The Balaban J connectivity index is 1.67. The minimum absolute atomic E-state index is 0.0746. The molecule has 4 aromatic heterocycles. The molecule has 0 radical (unpaired) electrons. The number of hydrogen-bond acceptors (Lipinski definition) is 6. The number of rotatable bonds is 6. The summed E-state index contributed by atoms with van der Waals surface area (Å²) in [6.07, 6.45) is 2.98. The Kier molecular flexibility index (Phi) is 4.93. The molecule has 4 heterocycles. The average Bonchev–Trinajstić information content (AvgIpc) is 3.46. The maximum atomic E-state index is 13.1. The van der Waals surface area contributed by atoms with Gasteiger partial charge in [0.2, 0.25) is 5.91 Å². The van der Waals surface area contributed by atoms with Gasteiger partial charge < -0.3 is 13.9 Å². The van der Waals surface area contributed by atoms with Gasteiger partial charge in [-0.2, -0.15) is 11.3 Å². The molecule has 150 valence electrons. The number of nitrogens with zero attached hydrogens (tertiary/aromatic N) is 5. The first-order valence-electron chi connectivity index (χ1n) is 8.88. The van der Waals surface area contributed by atoms with E-state index < -0.39 is 11.2 Å². The molecule has 10 heteroatoms. The zero-order valence-electron chi connectivity index (χ0n) is 15.9. The summed E-state index contributed by atoms with van der Waals surface area (Å²) in [4.78, 5) is 43.6. The molecule has 1 amide bonds. The molecule has 0 atom stereocenters. The van der Waals surface area contributed by atoms with E-state index >= 15 is 0 Å². The van der Waals surface area contributed by atoms with E-state index in [1.165, 1.54) is 22.5 Å². The fourth-order valence-electron chi connectivity index (χ4n) is 3.19. The lowest BCUT2D eigenvalue weighted by molar-refractivity contribution is -0.133. The molecule has 0 fully saturated rings. The van der Waals surface area contributed by atoms with Crippen LogP contribution in [0.4, 0.5) is 0 Å². The second-order valence-electron chi connectivity index (χ2n) is 6.71. The van der Waals surface area contributed by atoms with E-state index in [2.05, 4.69) is 4.98 Å². The molecule has 0 bridgehead atoms. The van der Waals surface area contributed by atoms with Crippen molar-refractivity contribution >= 4 is 28.4 Å². The summed E-state index contributed by atoms with van der Waals surface area (Å²) in [5, 5.41) is 3.94. The van der Waals surface area contributed by atoms with Crippen molar-refractivity contribution in [2.24, 2.45) is 14.1 Å². The summed E-state index contributed by atoms with van der Waals surface area (Å²) in [7, 11) is 2.95. The van der Waals surface area contributed by atoms with Crippen molar-refractivity contribution in [2.45, 2.75) is 19.6 Å². The number of aryl methyl sites for hydroxylation is 1. The second kappa shape index (κ2) is 7.55. The van der Waals surface area contributed by atoms with E-state index in [4.69, 9.17) is 4.42 Å². The lowest BCUT2D eigenvalue weighted by atomic mass is 10.3. The van der Waals surface area contributed by atoms with Gasteiger partial charge in [0.15, 0.2) is 11.2 Å². The first kappa shape index (κ1) is 18.9. The lowest BCUT2D eigenvalue weighted by Crippen LogP contribution is -2.38. The highest BCUT2D eigenvalue weighted by molar-refractivity contribution is 7.07. The first-order chi connectivity index (χ1) is 14.0. The number of amides is 1. The molecule has 0 spiro atoms. The SMILES string of the molecule is Cn1c(=O)c2c(ncn2CC(=O)N(Cc2ccsc2)Cc2ccco2)n(C)c1=O. The number of imidazole rings is 1. The molecule has 0 aliphatic heterocycles. The van der Waals surface area contributed by atoms with Gasteiger partial charge >= 0.3 is 5.69 Å². The Bertz CT molecular complexity index is 1230. The van der Waals surface area contributed by atoms with Crippen LogP contribution in [0.5, 0.6) is 0 Å². The maximum absolute atomic E-state index is 13.1. The number of furan rings is 1. The van der Waals surface area contributed by atoms with Gasteiger partial charge in [0, 0.05) is 20.6 Å². The number of aromatic nitrogens is 4. The van der Waals surface area contributed by atoms with Crippen LogP contribution in [0.2, 0.25) is 0 Å². The predicted molar refractivity (Wildman–Crippen MR) is 107 cm³/mol. The van der Waals surface area contributed by atoms with Gasteiger partial charge in [0.25, 0.3) is 5.56 Å². The van der Waals surface area contributed by atoms with Gasteiger partial charge in [-0.25, -0.2) is 9.78 Å². The molecule has 0 aromatic carbocycles. The molecule has 0 saturated heterocycles. The highest BCUT2D eigenvalue weighted by Gasteiger charge is 2.20. The number of carbonyl (C=O) groups is 1. The Hall–Kier alpha value is -3.40. The molecule has 9 nitrogen and oxygen atoms in total. The van der Waals surface area contributed by atoms with E-state index in [0.29, 0.717) is 18.8 Å². The van der Waals surface area contributed by atoms with Gasteiger partial charge in [-0.1, -0.05) is 0 Å². The molecule has 29 heavy (non-hydrogen) atoms. The quantitative estimate of drug-likeness (QED) is 0.475. The topological polar surface area (TPSA) is 95.3 Å². The second-order valence-corrected chi connectivity index (χ2v) is 7.49. The first-order valence-corrected chi connectivity index (χ1v) is 9.82. The molecule has 4 rings (SSSR count). The molecule has 0 aliphatic carbocycles. The van der Waals surface area contributed by atoms with Crippen LogP contribution < -0.4 is 11.2 Å². The third-order valence-corrected chi connectivity index (χ3v) is 5.49. The molecular weight excluding hydrogens is 394 g/mol. The van der Waals surface area contributed by atoms with Crippen molar-refractivity contribution in [3.05, 3.63) is 73.7 Å². The lowest BCUT2D eigenvalue weighted by Gasteiger charge is -2.21. The average molecular weight is 413 g/mol. The zero-order valence-corrected chi connectivity index (χ0v) is 16.8. The van der Waals surface area contributed by atoms with Crippen molar-refractivity contribution in [3.8, 4) is 0 Å². The van der Waals surface area contributed by atoms with Crippen LogP contribution in [0.1, 0.15) is 11.3 Å². The van der Waals surface area contributed by atoms with Crippen molar-refractivity contribution in [1.29, 1.82) is 0 Å². The number of fused-ring (bicyclic) bond motifs is 1. The smallest absolute Gasteiger partial charge is 0.332 e. The van der Waals surface area contributed by atoms with Crippen LogP contribution in [-0.4, -0.2) is 29.5 Å². The third kappa shape index (κ3) is 3.54. The minimum Gasteiger partial charge on any atom is -0.467 e. The highest BCUT2D eigenvalue weighted by atomic mass is 32.1.